The number of unbranched alkanes of at least 4 members (excludes halogenated alkanes) is 2. The summed E-state index contributed by atoms with van der Waals surface area (Å²) in [4.78, 5) is 8.14. The predicted molar refractivity (Wildman–Crippen MR) is 93.3 cm³/mol. The second kappa shape index (κ2) is 10.4. The third kappa shape index (κ3) is 6.62. The minimum Gasteiger partial charge on any atom is -0.304 e. The highest BCUT2D eigenvalue weighted by Gasteiger charge is 2.22. The van der Waals surface area contributed by atoms with Crippen LogP contribution in [0.25, 0.3) is 0 Å². The Labute approximate surface area is 136 Å². The van der Waals surface area contributed by atoms with Crippen LogP contribution in [0.3, 0.4) is 0 Å². The highest BCUT2D eigenvalue weighted by atomic mass is 16.7. The summed E-state index contributed by atoms with van der Waals surface area (Å²) in [7, 11) is 4.13. The van der Waals surface area contributed by atoms with Gasteiger partial charge in [-0.3, -0.25) is 4.84 Å². The summed E-state index contributed by atoms with van der Waals surface area (Å²) in [5.74, 6) is 6.39. The Morgan fingerprint density at radius 2 is 1.86 bits per heavy atom. The van der Waals surface area contributed by atoms with Gasteiger partial charge in [0.25, 0.3) is 0 Å². The molecular weight excluding hydrogens is 272 g/mol. The van der Waals surface area contributed by atoms with Gasteiger partial charge in [0.1, 0.15) is 6.10 Å². The Morgan fingerprint density at radius 3 is 2.45 bits per heavy atom. The van der Waals surface area contributed by atoms with Crippen molar-refractivity contribution < 1.29 is 4.84 Å². The van der Waals surface area contributed by atoms with Crippen molar-refractivity contribution >= 4 is 0 Å². The predicted octanol–water partition coefficient (Wildman–Crippen LogP) is 3.78. The van der Waals surface area contributed by atoms with Crippen molar-refractivity contribution in [1.29, 1.82) is 0 Å². The van der Waals surface area contributed by atoms with Crippen LogP contribution >= 0.6 is 0 Å². The molecule has 0 fully saturated rings. The first kappa shape index (κ1) is 18.7. The molecule has 0 spiro atoms. The molecule has 1 N–H and O–H groups in total. The van der Waals surface area contributed by atoms with Gasteiger partial charge in [-0.1, -0.05) is 49.6 Å². The lowest BCUT2D eigenvalue weighted by molar-refractivity contribution is -0.0665. The van der Waals surface area contributed by atoms with Gasteiger partial charge in [-0.05, 0) is 39.9 Å². The van der Waals surface area contributed by atoms with E-state index >= 15 is 0 Å². The molecule has 0 radical (unpaired) electrons. The molecule has 0 aliphatic carbocycles. The summed E-state index contributed by atoms with van der Waals surface area (Å²) < 4.78 is 0. The molecule has 0 saturated heterocycles. The van der Waals surface area contributed by atoms with Crippen LogP contribution in [0.5, 0.6) is 0 Å². The standard InChI is InChI=1S/C19H30N2O/c1-6-7-8-10-13-16(2)20-22-19(17(3)21(4)5)18-14-11-9-12-15-18/h9,11-12,14-17,19-20H,6-8H2,1-5H3/t16?,17-,19+/m0/s1. The van der Waals surface area contributed by atoms with Gasteiger partial charge in [0.05, 0.1) is 6.04 Å². The number of nitrogens with zero attached hydrogens (tertiary/aromatic N) is 1. The first-order valence-corrected chi connectivity index (χ1v) is 8.17. The van der Waals surface area contributed by atoms with E-state index in [9.17, 15) is 0 Å². The fourth-order valence-corrected chi connectivity index (χ4v) is 2.05. The van der Waals surface area contributed by atoms with Crippen molar-refractivity contribution in [2.24, 2.45) is 0 Å². The third-order valence-corrected chi connectivity index (χ3v) is 3.73. The summed E-state index contributed by atoms with van der Waals surface area (Å²) in [5, 5.41) is 0. The fraction of sp³-hybridized carbons (Fsp3) is 0.579. The van der Waals surface area contributed by atoms with E-state index in [4.69, 9.17) is 4.84 Å². The Hall–Kier alpha value is -1.34. The van der Waals surface area contributed by atoms with Gasteiger partial charge >= 0.3 is 0 Å². The SMILES string of the molecule is CCCCC#CC(C)NO[C@@H](c1ccccc1)[C@H](C)N(C)C. The number of benzene rings is 1. The molecule has 0 amide bonds. The number of hydroxylamine groups is 1. The topological polar surface area (TPSA) is 24.5 Å². The van der Waals surface area contributed by atoms with E-state index in [2.05, 4.69) is 62.3 Å². The molecule has 3 heteroatoms. The van der Waals surface area contributed by atoms with Crippen LogP contribution in [0.15, 0.2) is 30.3 Å². The van der Waals surface area contributed by atoms with Crippen molar-refractivity contribution in [3.05, 3.63) is 35.9 Å². The van der Waals surface area contributed by atoms with Gasteiger partial charge in [-0.15, -0.1) is 5.92 Å². The number of nitrogens with one attached hydrogen (secondary N) is 1. The molecule has 3 atom stereocenters. The summed E-state index contributed by atoms with van der Waals surface area (Å²) in [6.45, 7) is 6.37. The normalized spacial score (nSPS) is 15.0. The molecule has 0 aromatic heterocycles. The van der Waals surface area contributed by atoms with E-state index in [0.717, 1.165) is 12.8 Å². The molecule has 0 saturated carbocycles. The Kier molecular flexibility index (Phi) is 8.84. The minimum atomic E-state index is -0.0314. The van der Waals surface area contributed by atoms with Crippen LogP contribution < -0.4 is 5.48 Å². The molecule has 1 rings (SSSR count). The monoisotopic (exact) mass is 302 g/mol. The van der Waals surface area contributed by atoms with Crippen molar-refractivity contribution in [2.75, 3.05) is 14.1 Å². The van der Waals surface area contributed by atoms with Gasteiger partial charge in [-0.25, -0.2) is 0 Å². The molecule has 0 bridgehead atoms. The van der Waals surface area contributed by atoms with Crippen molar-refractivity contribution in [1.82, 2.24) is 10.4 Å². The molecule has 22 heavy (non-hydrogen) atoms. The second-order valence-electron chi connectivity index (χ2n) is 5.92. The highest BCUT2D eigenvalue weighted by molar-refractivity contribution is 5.19. The first-order chi connectivity index (χ1) is 10.6. The van der Waals surface area contributed by atoms with Crippen molar-refractivity contribution in [3.63, 3.8) is 0 Å². The summed E-state index contributed by atoms with van der Waals surface area (Å²) in [6, 6.07) is 10.6. The quantitative estimate of drug-likeness (QED) is 0.449. The molecule has 0 heterocycles. The van der Waals surface area contributed by atoms with Crippen LogP contribution in [-0.2, 0) is 4.84 Å². The number of likely N-dealkylation sites (N-methyl/N-ethyl adjacent to an activating group) is 1. The summed E-state index contributed by atoms with van der Waals surface area (Å²) >= 11 is 0. The second-order valence-corrected chi connectivity index (χ2v) is 5.92. The number of rotatable bonds is 8. The smallest absolute Gasteiger partial charge is 0.119 e. The van der Waals surface area contributed by atoms with E-state index in [1.807, 2.05) is 25.1 Å². The zero-order valence-electron chi connectivity index (χ0n) is 14.6. The van der Waals surface area contributed by atoms with Gasteiger partial charge < -0.3 is 4.90 Å². The number of hydrogen-bond donors (Lipinski definition) is 1. The maximum atomic E-state index is 5.98. The molecule has 1 unspecified atom stereocenters. The highest BCUT2D eigenvalue weighted by Crippen LogP contribution is 2.22. The molecule has 3 nitrogen and oxygen atoms in total. The lowest BCUT2D eigenvalue weighted by atomic mass is 10.0. The van der Waals surface area contributed by atoms with E-state index in [-0.39, 0.29) is 18.2 Å². The van der Waals surface area contributed by atoms with Crippen LogP contribution in [0.4, 0.5) is 0 Å². The Bertz CT molecular complexity index is 461. The number of hydrogen-bond acceptors (Lipinski definition) is 3. The largest absolute Gasteiger partial charge is 0.304 e. The lowest BCUT2D eigenvalue weighted by Crippen LogP contribution is -2.37. The zero-order valence-corrected chi connectivity index (χ0v) is 14.6. The van der Waals surface area contributed by atoms with Gasteiger partial charge in [0.2, 0.25) is 0 Å². The van der Waals surface area contributed by atoms with E-state index in [1.165, 1.54) is 12.0 Å². The fourth-order valence-electron chi connectivity index (χ4n) is 2.05. The molecule has 0 aliphatic heterocycles. The lowest BCUT2D eigenvalue weighted by Gasteiger charge is -2.30. The van der Waals surface area contributed by atoms with Gasteiger partial charge in [-0.2, -0.15) is 5.48 Å². The molecule has 122 valence electrons. The molecule has 1 aromatic rings. The average molecular weight is 302 g/mol. The molecule has 0 aliphatic rings. The van der Waals surface area contributed by atoms with Gasteiger partial charge in [0, 0.05) is 12.5 Å². The van der Waals surface area contributed by atoms with Crippen LogP contribution in [0.1, 0.15) is 51.7 Å². The first-order valence-electron chi connectivity index (χ1n) is 8.17. The minimum absolute atomic E-state index is 0.0254. The van der Waals surface area contributed by atoms with Crippen LogP contribution in [-0.4, -0.2) is 31.1 Å². The van der Waals surface area contributed by atoms with Crippen molar-refractivity contribution in [3.8, 4) is 11.8 Å². The van der Waals surface area contributed by atoms with E-state index < -0.39 is 0 Å². The van der Waals surface area contributed by atoms with Crippen LogP contribution in [0, 0.1) is 11.8 Å². The molecular formula is C19H30N2O. The summed E-state index contributed by atoms with van der Waals surface area (Å²) in [6.07, 6.45) is 3.27. The maximum absolute atomic E-state index is 5.98. The average Bonchev–Trinajstić information content (AvgIpc) is 2.52. The van der Waals surface area contributed by atoms with Crippen molar-refractivity contribution in [2.45, 2.75) is 58.2 Å². The van der Waals surface area contributed by atoms with Gasteiger partial charge in [0.15, 0.2) is 0 Å². The maximum Gasteiger partial charge on any atom is 0.119 e. The Balaban J connectivity index is 2.63. The molecule has 1 aromatic carbocycles. The summed E-state index contributed by atoms with van der Waals surface area (Å²) in [5.41, 5.74) is 4.26. The zero-order chi connectivity index (χ0) is 16.4. The van der Waals surface area contributed by atoms with Crippen LogP contribution in [0.2, 0.25) is 0 Å². The van der Waals surface area contributed by atoms with E-state index in [1.54, 1.807) is 0 Å². The Morgan fingerprint density at radius 1 is 1.18 bits per heavy atom. The third-order valence-electron chi connectivity index (χ3n) is 3.73. The van der Waals surface area contributed by atoms with E-state index in [0.29, 0.717) is 0 Å².